The summed E-state index contributed by atoms with van der Waals surface area (Å²) in [4.78, 5) is 22.1. The summed E-state index contributed by atoms with van der Waals surface area (Å²) >= 11 is 5.30. The Labute approximate surface area is 153 Å². The summed E-state index contributed by atoms with van der Waals surface area (Å²) in [5.41, 5.74) is -0.362. The number of hydrogen-bond acceptors (Lipinski definition) is 3. The van der Waals surface area contributed by atoms with Gasteiger partial charge in [0.25, 0.3) is 0 Å². The van der Waals surface area contributed by atoms with E-state index in [4.69, 9.17) is 16.3 Å². The monoisotopic (exact) mass is 360 g/mol. The van der Waals surface area contributed by atoms with Crippen molar-refractivity contribution >= 4 is 22.8 Å². The van der Waals surface area contributed by atoms with E-state index in [1.807, 2.05) is 20.8 Å². The summed E-state index contributed by atoms with van der Waals surface area (Å²) in [5.74, 6) is -0.0714. The number of esters is 1. The molecule has 0 saturated heterocycles. The molecule has 0 heterocycles. The van der Waals surface area contributed by atoms with E-state index in [0.717, 1.165) is 25.7 Å². The van der Waals surface area contributed by atoms with Crippen LogP contribution >= 0.6 is 11.6 Å². The average Bonchev–Trinajstić information content (AvgIpc) is 2.45. The van der Waals surface area contributed by atoms with Crippen LogP contribution in [0.5, 0.6) is 0 Å². The highest BCUT2D eigenvalue weighted by molar-refractivity contribution is 6.63. The normalized spacial score (nSPS) is 11.5. The van der Waals surface area contributed by atoms with Crippen LogP contribution in [0.15, 0.2) is 0 Å². The molecule has 0 aromatic rings. The van der Waals surface area contributed by atoms with Crippen molar-refractivity contribution in [3.8, 4) is 0 Å². The molecular formula is C20H37ClO3. The highest BCUT2D eigenvalue weighted by Crippen LogP contribution is 2.14. The number of carbonyl (C=O) groups excluding carboxylic acids is 2. The van der Waals surface area contributed by atoms with E-state index in [9.17, 15) is 9.59 Å². The molecule has 0 rings (SSSR count). The maximum Gasteiger partial charge on any atom is 0.306 e. The van der Waals surface area contributed by atoms with Gasteiger partial charge in [0.05, 0.1) is 0 Å². The van der Waals surface area contributed by atoms with E-state index < -0.39 is 0 Å². The minimum absolute atomic E-state index is 0.0714. The third-order valence-corrected chi connectivity index (χ3v) is 4.11. The fraction of sp³-hybridized carbons (Fsp3) is 0.900. The van der Waals surface area contributed by atoms with Gasteiger partial charge in [-0.15, -0.1) is 0 Å². The van der Waals surface area contributed by atoms with Crippen molar-refractivity contribution in [2.75, 3.05) is 0 Å². The fourth-order valence-electron chi connectivity index (χ4n) is 2.69. The Morgan fingerprint density at radius 2 is 1.00 bits per heavy atom. The molecule has 0 aliphatic rings. The number of halogens is 1. The van der Waals surface area contributed by atoms with Gasteiger partial charge in [0.1, 0.15) is 5.60 Å². The summed E-state index contributed by atoms with van der Waals surface area (Å²) in [6, 6.07) is 0. The van der Waals surface area contributed by atoms with E-state index in [2.05, 4.69) is 0 Å². The van der Waals surface area contributed by atoms with Crippen LogP contribution in [-0.4, -0.2) is 16.8 Å². The molecule has 0 fully saturated rings. The van der Waals surface area contributed by atoms with Crippen LogP contribution in [-0.2, 0) is 14.3 Å². The molecule has 4 heteroatoms. The molecule has 0 N–H and O–H groups in total. The quantitative estimate of drug-likeness (QED) is 0.189. The molecule has 0 bridgehead atoms. The first kappa shape index (κ1) is 23.4. The number of hydrogen-bond donors (Lipinski definition) is 0. The van der Waals surface area contributed by atoms with E-state index >= 15 is 0 Å². The largest absolute Gasteiger partial charge is 0.460 e. The van der Waals surface area contributed by atoms with Gasteiger partial charge in [-0.1, -0.05) is 64.2 Å². The topological polar surface area (TPSA) is 43.4 Å². The van der Waals surface area contributed by atoms with Gasteiger partial charge in [0.2, 0.25) is 5.24 Å². The van der Waals surface area contributed by atoms with Gasteiger partial charge >= 0.3 is 5.97 Å². The first-order chi connectivity index (χ1) is 11.3. The summed E-state index contributed by atoms with van der Waals surface area (Å²) in [6.07, 6.45) is 15.4. The molecule has 0 radical (unpaired) electrons. The Morgan fingerprint density at radius 3 is 1.33 bits per heavy atom. The highest BCUT2D eigenvalue weighted by atomic mass is 35.5. The van der Waals surface area contributed by atoms with Crippen molar-refractivity contribution in [3.63, 3.8) is 0 Å². The molecule has 0 aromatic heterocycles. The third kappa shape index (κ3) is 19.5. The summed E-state index contributed by atoms with van der Waals surface area (Å²) in [7, 11) is 0. The van der Waals surface area contributed by atoms with Crippen LogP contribution in [0.25, 0.3) is 0 Å². The first-order valence-corrected chi connectivity index (χ1v) is 10.1. The minimum atomic E-state index is -0.362. The standard InChI is InChI=1S/C20H37ClO3/c1-20(2,3)24-19(23)17-15-13-11-9-7-5-4-6-8-10-12-14-16-18(21)22/h4-17H2,1-3H3. The summed E-state index contributed by atoms with van der Waals surface area (Å²) in [6.45, 7) is 5.73. The molecule has 0 unspecified atom stereocenters. The summed E-state index contributed by atoms with van der Waals surface area (Å²) < 4.78 is 5.29. The first-order valence-electron chi connectivity index (χ1n) is 9.71. The Kier molecular flexibility index (Phi) is 14.4. The van der Waals surface area contributed by atoms with Crippen LogP contribution in [0, 0.1) is 0 Å². The lowest BCUT2D eigenvalue weighted by atomic mass is 10.0. The zero-order valence-electron chi connectivity index (χ0n) is 16.0. The number of ether oxygens (including phenoxy) is 1. The van der Waals surface area contributed by atoms with Crippen molar-refractivity contribution in [2.24, 2.45) is 0 Å². The van der Waals surface area contributed by atoms with E-state index in [1.54, 1.807) is 0 Å². The van der Waals surface area contributed by atoms with Crippen molar-refractivity contribution in [2.45, 2.75) is 116 Å². The van der Waals surface area contributed by atoms with Gasteiger partial charge in [-0.2, -0.15) is 0 Å². The lowest BCUT2D eigenvalue weighted by Gasteiger charge is -2.19. The van der Waals surface area contributed by atoms with Crippen molar-refractivity contribution < 1.29 is 14.3 Å². The third-order valence-electron chi connectivity index (χ3n) is 3.92. The van der Waals surface area contributed by atoms with E-state index in [1.165, 1.54) is 51.4 Å². The van der Waals surface area contributed by atoms with Gasteiger partial charge in [-0.25, -0.2) is 0 Å². The molecule has 0 aliphatic heterocycles. The Bertz CT molecular complexity index is 334. The predicted molar refractivity (Wildman–Crippen MR) is 101 cm³/mol. The molecule has 24 heavy (non-hydrogen) atoms. The lowest BCUT2D eigenvalue weighted by Crippen LogP contribution is -2.23. The van der Waals surface area contributed by atoms with Crippen LogP contribution < -0.4 is 0 Å². The van der Waals surface area contributed by atoms with E-state index in [0.29, 0.717) is 12.8 Å². The van der Waals surface area contributed by atoms with Gasteiger partial charge in [-0.3, -0.25) is 9.59 Å². The summed E-state index contributed by atoms with van der Waals surface area (Å²) in [5, 5.41) is -0.207. The Balaban J connectivity index is 3.18. The Hall–Kier alpha value is -0.570. The zero-order chi connectivity index (χ0) is 18.3. The second kappa shape index (κ2) is 14.7. The molecule has 142 valence electrons. The average molecular weight is 361 g/mol. The lowest BCUT2D eigenvalue weighted by molar-refractivity contribution is -0.154. The Morgan fingerprint density at radius 1 is 0.667 bits per heavy atom. The molecule has 0 spiro atoms. The van der Waals surface area contributed by atoms with Crippen molar-refractivity contribution in [1.82, 2.24) is 0 Å². The molecule has 0 saturated carbocycles. The maximum absolute atomic E-state index is 11.5. The molecule has 3 nitrogen and oxygen atoms in total. The van der Waals surface area contributed by atoms with Gasteiger partial charge in [-0.05, 0) is 45.2 Å². The van der Waals surface area contributed by atoms with Crippen LogP contribution in [0.3, 0.4) is 0 Å². The molecule has 0 amide bonds. The molecular weight excluding hydrogens is 324 g/mol. The van der Waals surface area contributed by atoms with Crippen LogP contribution in [0.4, 0.5) is 0 Å². The smallest absolute Gasteiger partial charge is 0.306 e. The molecule has 0 aromatic carbocycles. The van der Waals surface area contributed by atoms with E-state index in [-0.39, 0.29) is 16.8 Å². The van der Waals surface area contributed by atoms with Gasteiger partial charge in [0, 0.05) is 12.8 Å². The minimum Gasteiger partial charge on any atom is -0.460 e. The predicted octanol–water partition coefficient (Wildman–Crippen LogP) is 6.55. The number of carbonyl (C=O) groups is 2. The second-order valence-electron chi connectivity index (χ2n) is 7.68. The SMILES string of the molecule is CC(C)(C)OC(=O)CCCCCCCCCCCCCCC(=O)Cl. The fourth-order valence-corrected chi connectivity index (χ4v) is 2.83. The molecule has 0 aliphatic carbocycles. The van der Waals surface area contributed by atoms with Crippen molar-refractivity contribution in [1.29, 1.82) is 0 Å². The number of rotatable bonds is 15. The highest BCUT2D eigenvalue weighted by Gasteiger charge is 2.15. The van der Waals surface area contributed by atoms with Gasteiger partial charge in [0.15, 0.2) is 0 Å². The van der Waals surface area contributed by atoms with Crippen LogP contribution in [0.1, 0.15) is 111 Å². The second-order valence-corrected chi connectivity index (χ2v) is 8.11. The van der Waals surface area contributed by atoms with Crippen LogP contribution in [0.2, 0.25) is 0 Å². The maximum atomic E-state index is 11.5. The molecule has 0 atom stereocenters. The number of unbranched alkanes of at least 4 members (excludes halogenated alkanes) is 11. The van der Waals surface area contributed by atoms with Gasteiger partial charge < -0.3 is 4.74 Å². The zero-order valence-corrected chi connectivity index (χ0v) is 16.8. The van der Waals surface area contributed by atoms with Crippen molar-refractivity contribution in [3.05, 3.63) is 0 Å².